The Bertz CT molecular complexity index is 682. The van der Waals surface area contributed by atoms with Gasteiger partial charge in [-0.2, -0.15) is 13.2 Å². The van der Waals surface area contributed by atoms with Crippen LogP contribution in [0.3, 0.4) is 0 Å². The van der Waals surface area contributed by atoms with Gasteiger partial charge in [-0.05, 0) is 22.6 Å². The van der Waals surface area contributed by atoms with E-state index in [2.05, 4.69) is 25.4 Å². The molecule has 11 heteroatoms. The van der Waals surface area contributed by atoms with Crippen LogP contribution in [-0.2, 0) is 13.1 Å². The lowest BCUT2D eigenvalue weighted by Crippen LogP contribution is -2.46. The number of pyridine rings is 1. The smallest absolute Gasteiger partial charge is 0.353 e. The first-order valence-electron chi connectivity index (χ1n) is 7.32. The van der Waals surface area contributed by atoms with Gasteiger partial charge >= 0.3 is 6.18 Å². The largest absolute Gasteiger partial charge is 0.408 e. The normalized spacial score (nSPS) is 16.6. The van der Waals surface area contributed by atoms with Gasteiger partial charge in [-0.25, -0.2) is 9.67 Å². The van der Waals surface area contributed by atoms with Gasteiger partial charge in [-0.1, -0.05) is 11.6 Å². The van der Waals surface area contributed by atoms with Crippen molar-refractivity contribution >= 4 is 17.4 Å². The molecule has 1 saturated heterocycles. The van der Waals surface area contributed by atoms with Crippen molar-refractivity contribution in [3.05, 3.63) is 29.2 Å². The zero-order valence-corrected chi connectivity index (χ0v) is 13.4. The second kappa shape index (κ2) is 6.89. The predicted molar refractivity (Wildman–Crippen MR) is 80.6 cm³/mol. The van der Waals surface area contributed by atoms with Crippen LogP contribution in [0.15, 0.2) is 18.3 Å². The van der Waals surface area contributed by atoms with E-state index >= 15 is 0 Å². The van der Waals surface area contributed by atoms with Gasteiger partial charge in [0.25, 0.3) is 0 Å². The van der Waals surface area contributed by atoms with Crippen LogP contribution < -0.4 is 4.90 Å². The van der Waals surface area contributed by atoms with Gasteiger partial charge in [-0.15, -0.1) is 5.10 Å². The Balaban J connectivity index is 1.58. The fourth-order valence-corrected chi connectivity index (χ4v) is 2.80. The molecule has 0 unspecified atom stereocenters. The standard InChI is InChI=1S/C13H15ClF3N7/c14-10-2-1-3-18-12(10)23-6-4-22(5-7-23)8-11-19-20-21-24(11)9-13(15,16)17/h1-3H,4-9H2. The average molecular weight is 362 g/mol. The molecule has 1 aliphatic rings. The first-order valence-corrected chi connectivity index (χ1v) is 7.70. The first kappa shape index (κ1) is 16.9. The predicted octanol–water partition coefficient (Wildman–Crippen LogP) is 1.61. The molecule has 1 fully saturated rings. The van der Waals surface area contributed by atoms with Crippen LogP contribution in [0.5, 0.6) is 0 Å². The molecule has 0 atom stereocenters. The molecule has 0 aliphatic carbocycles. The number of tetrazole rings is 1. The molecule has 0 amide bonds. The number of piperazine rings is 1. The van der Waals surface area contributed by atoms with Gasteiger partial charge < -0.3 is 4.90 Å². The van der Waals surface area contributed by atoms with E-state index in [1.807, 2.05) is 4.90 Å². The van der Waals surface area contributed by atoms with Crippen molar-refractivity contribution in [2.45, 2.75) is 19.3 Å². The SMILES string of the molecule is FC(F)(F)Cn1nnnc1CN1CCN(c2ncccc2Cl)CC1. The molecule has 130 valence electrons. The Morgan fingerprint density at radius 1 is 1.17 bits per heavy atom. The summed E-state index contributed by atoms with van der Waals surface area (Å²) >= 11 is 6.14. The number of rotatable bonds is 4. The van der Waals surface area contributed by atoms with Gasteiger partial charge in [0.05, 0.1) is 11.6 Å². The molecular formula is C13H15ClF3N7. The molecule has 3 heterocycles. The summed E-state index contributed by atoms with van der Waals surface area (Å²) in [7, 11) is 0. The Morgan fingerprint density at radius 2 is 1.92 bits per heavy atom. The van der Waals surface area contributed by atoms with Gasteiger partial charge in [0.1, 0.15) is 12.4 Å². The van der Waals surface area contributed by atoms with E-state index in [-0.39, 0.29) is 12.4 Å². The lowest BCUT2D eigenvalue weighted by Gasteiger charge is -2.35. The fourth-order valence-electron chi connectivity index (χ4n) is 2.56. The fraction of sp³-hybridized carbons (Fsp3) is 0.538. The van der Waals surface area contributed by atoms with E-state index in [1.165, 1.54) is 0 Å². The molecule has 3 rings (SSSR count). The van der Waals surface area contributed by atoms with E-state index in [0.29, 0.717) is 31.2 Å². The van der Waals surface area contributed by atoms with Gasteiger partial charge in [0.15, 0.2) is 5.82 Å². The summed E-state index contributed by atoms with van der Waals surface area (Å²) in [5.41, 5.74) is 0. The number of hydrogen-bond acceptors (Lipinski definition) is 6. The minimum atomic E-state index is -4.35. The minimum absolute atomic E-state index is 0.205. The Labute approximate surface area is 141 Å². The van der Waals surface area contributed by atoms with Crippen molar-refractivity contribution in [2.75, 3.05) is 31.1 Å². The van der Waals surface area contributed by atoms with E-state index < -0.39 is 12.7 Å². The van der Waals surface area contributed by atoms with Gasteiger partial charge in [0, 0.05) is 32.4 Å². The summed E-state index contributed by atoms with van der Waals surface area (Å²) in [4.78, 5) is 8.33. The van der Waals surface area contributed by atoms with Crippen molar-refractivity contribution in [1.29, 1.82) is 0 Å². The van der Waals surface area contributed by atoms with Crippen LogP contribution >= 0.6 is 11.6 Å². The maximum Gasteiger partial charge on any atom is 0.408 e. The van der Waals surface area contributed by atoms with Crippen molar-refractivity contribution in [1.82, 2.24) is 30.1 Å². The van der Waals surface area contributed by atoms with Gasteiger partial charge in [0.2, 0.25) is 0 Å². The molecule has 2 aromatic rings. The molecule has 0 N–H and O–H groups in total. The summed E-state index contributed by atoms with van der Waals surface area (Å²) in [6.07, 6.45) is -2.67. The van der Waals surface area contributed by atoms with E-state index in [9.17, 15) is 13.2 Å². The molecule has 0 aromatic carbocycles. The van der Waals surface area contributed by atoms with Crippen LogP contribution in [0.25, 0.3) is 0 Å². The highest BCUT2D eigenvalue weighted by molar-refractivity contribution is 6.32. The number of anilines is 1. The van der Waals surface area contributed by atoms with Crippen LogP contribution in [0.2, 0.25) is 5.02 Å². The number of hydrogen-bond donors (Lipinski definition) is 0. The van der Waals surface area contributed by atoms with E-state index in [1.54, 1.807) is 18.3 Å². The lowest BCUT2D eigenvalue weighted by atomic mass is 10.3. The molecular weight excluding hydrogens is 347 g/mol. The van der Waals surface area contributed by atoms with Crippen molar-refractivity contribution in [3.63, 3.8) is 0 Å². The zero-order chi connectivity index (χ0) is 17.2. The maximum atomic E-state index is 12.5. The number of alkyl halides is 3. The Morgan fingerprint density at radius 3 is 2.58 bits per heavy atom. The minimum Gasteiger partial charge on any atom is -0.353 e. The Hall–Kier alpha value is -1.94. The average Bonchev–Trinajstić information content (AvgIpc) is 2.94. The van der Waals surface area contributed by atoms with Crippen molar-refractivity contribution < 1.29 is 13.2 Å². The van der Waals surface area contributed by atoms with Crippen molar-refractivity contribution in [3.8, 4) is 0 Å². The molecule has 2 aromatic heterocycles. The molecule has 0 saturated carbocycles. The van der Waals surface area contributed by atoms with E-state index in [4.69, 9.17) is 11.6 Å². The molecule has 24 heavy (non-hydrogen) atoms. The topological polar surface area (TPSA) is 63.0 Å². The zero-order valence-electron chi connectivity index (χ0n) is 12.6. The summed E-state index contributed by atoms with van der Waals surface area (Å²) < 4.78 is 38.3. The quantitative estimate of drug-likeness (QED) is 0.824. The van der Waals surface area contributed by atoms with Crippen molar-refractivity contribution in [2.24, 2.45) is 0 Å². The van der Waals surface area contributed by atoms with E-state index in [0.717, 1.165) is 10.5 Å². The highest BCUT2D eigenvalue weighted by atomic mass is 35.5. The second-order valence-corrected chi connectivity index (χ2v) is 5.85. The monoisotopic (exact) mass is 361 g/mol. The van der Waals surface area contributed by atoms with Crippen LogP contribution in [0, 0.1) is 0 Å². The summed E-state index contributed by atoms with van der Waals surface area (Å²) in [6, 6.07) is 3.55. The third-order valence-electron chi connectivity index (χ3n) is 3.71. The Kier molecular flexibility index (Phi) is 4.86. The molecule has 7 nitrogen and oxygen atoms in total. The second-order valence-electron chi connectivity index (χ2n) is 5.44. The van der Waals surface area contributed by atoms with Gasteiger partial charge in [-0.3, -0.25) is 4.90 Å². The molecule has 0 spiro atoms. The van der Waals surface area contributed by atoms with Crippen LogP contribution in [-0.4, -0.2) is 62.4 Å². The summed E-state index contributed by atoms with van der Waals surface area (Å²) in [5, 5.41) is 11.0. The summed E-state index contributed by atoms with van der Waals surface area (Å²) in [5.74, 6) is 0.928. The summed E-state index contributed by atoms with van der Waals surface area (Å²) in [6.45, 7) is 1.76. The van der Waals surface area contributed by atoms with Crippen LogP contribution in [0.4, 0.5) is 19.0 Å². The highest BCUT2D eigenvalue weighted by Crippen LogP contribution is 2.23. The molecule has 0 bridgehead atoms. The number of aromatic nitrogens is 5. The number of nitrogens with zero attached hydrogens (tertiary/aromatic N) is 7. The van der Waals surface area contributed by atoms with Crippen LogP contribution in [0.1, 0.15) is 5.82 Å². The molecule has 1 aliphatic heterocycles. The third kappa shape index (κ3) is 4.12. The number of halogens is 4. The lowest BCUT2D eigenvalue weighted by molar-refractivity contribution is -0.143. The maximum absolute atomic E-state index is 12.5. The molecule has 0 radical (unpaired) electrons. The third-order valence-corrected chi connectivity index (χ3v) is 4.01. The highest BCUT2D eigenvalue weighted by Gasteiger charge is 2.30. The first-order chi connectivity index (χ1) is 11.4.